The molecule has 2 aromatic carbocycles. The Hall–Kier alpha value is -3.03. The van der Waals surface area contributed by atoms with Crippen molar-refractivity contribution in [2.75, 3.05) is 6.61 Å². The molecule has 2 N–H and O–H groups in total. The zero-order valence-corrected chi connectivity index (χ0v) is 21.4. The van der Waals surface area contributed by atoms with E-state index in [-0.39, 0.29) is 11.2 Å². The van der Waals surface area contributed by atoms with Gasteiger partial charge in [0.15, 0.2) is 0 Å². The predicted molar refractivity (Wildman–Crippen MR) is 139 cm³/mol. The number of aliphatic hydroxyl groups is 1. The van der Waals surface area contributed by atoms with E-state index in [9.17, 15) is 9.90 Å². The molecule has 3 aromatic rings. The lowest BCUT2D eigenvalue weighted by atomic mass is 9.98. The Morgan fingerprint density at radius 1 is 1.11 bits per heavy atom. The van der Waals surface area contributed by atoms with Gasteiger partial charge in [-0.05, 0) is 80.1 Å². The summed E-state index contributed by atoms with van der Waals surface area (Å²) >= 11 is 1.46. The lowest BCUT2D eigenvalue weighted by Crippen LogP contribution is -2.22. The number of pyridine rings is 1. The summed E-state index contributed by atoms with van der Waals surface area (Å²) in [6, 6.07) is 18.2. The number of rotatable bonds is 9. The highest BCUT2D eigenvalue weighted by molar-refractivity contribution is 7.98. The van der Waals surface area contributed by atoms with E-state index in [1.807, 2.05) is 43.3 Å². The van der Waals surface area contributed by atoms with Crippen LogP contribution in [0.5, 0.6) is 11.6 Å². The lowest BCUT2D eigenvalue weighted by Gasteiger charge is -2.18. The second-order valence-electron chi connectivity index (χ2n) is 9.54. The molecule has 0 bridgehead atoms. The van der Waals surface area contributed by atoms with E-state index in [4.69, 9.17) is 9.47 Å². The minimum atomic E-state index is -0.762. The standard InChI is InChI=1S/C28H32N2O4S/c1-18-14-26(33-13-12-28(3,4)32)29-19(2)27(18)22-7-5-6-20(15-22)17-34-23-10-8-21(9-11-23)24-16-25(31)30-35-24/h5-11,14-15,24,32H,12-13,16-17H2,1-4H3,(H,30,31). The molecular formula is C28H32N2O4S. The van der Waals surface area contributed by atoms with Crippen LogP contribution in [0.1, 0.15) is 54.3 Å². The summed E-state index contributed by atoms with van der Waals surface area (Å²) in [5, 5.41) is 10.0. The third-order valence-corrected chi connectivity index (χ3v) is 6.97. The molecule has 1 saturated heterocycles. The number of hydrogen-bond donors (Lipinski definition) is 2. The van der Waals surface area contributed by atoms with Crippen LogP contribution < -0.4 is 14.2 Å². The van der Waals surface area contributed by atoms with Crippen LogP contribution in [0.2, 0.25) is 0 Å². The molecule has 0 radical (unpaired) electrons. The first-order chi connectivity index (χ1) is 16.7. The van der Waals surface area contributed by atoms with Crippen molar-refractivity contribution in [1.29, 1.82) is 0 Å². The molecule has 4 rings (SSSR count). The largest absolute Gasteiger partial charge is 0.489 e. The summed E-state index contributed by atoms with van der Waals surface area (Å²) < 4.78 is 14.6. The van der Waals surface area contributed by atoms with Gasteiger partial charge in [-0.15, -0.1) is 0 Å². The number of hydrogen-bond acceptors (Lipinski definition) is 6. The fourth-order valence-electron chi connectivity index (χ4n) is 4.05. The molecule has 6 nitrogen and oxygen atoms in total. The van der Waals surface area contributed by atoms with Crippen LogP contribution in [0.25, 0.3) is 11.1 Å². The molecule has 0 aliphatic carbocycles. The van der Waals surface area contributed by atoms with Gasteiger partial charge in [0.1, 0.15) is 12.4 Å². The number of carbonyl (C=O) groups is 1. The Bertz CT molecular complexity index is 1170. The van der Waals surface area contributed by atoms with E-state index in [0.29, 0.717) is 31.9 Å². The zero-order chi connectivity index (χ0) is 25.0. The number of benzene rings is 2. The first-order valence-corrected chi connectivity index (χ1v) is 12.7. The number of aromatic nitrogens is 1. The van der Waals surface area contributed by atoms with Crippen LogP contribution in [0.15, 0.2) is 54.6 Å². The Morgan fingerprint density at radius 2 is 1.89 bits per heavy atom. The van der Waals surface area contributed by atoms with Crippen molar-refractivity contribution in [1.82, 2.24) is 9.71 Å². The number of carbonyl (C=O) groups excluding carboxylic acids is 1. The van der Waals surface area contributed by atoms with E-state index >= 15 is 0 Å². The van der Waals surface area contributed by atoms with Gasteiger partial charge in [0, 0.05) is 30.2 Å². The Balaban J connectivity index is 1.41. The number of nitrogens with zero attached hydrogens (tertiary/aromatic N) is 1. The van der Waals surface area contributed by atoms with Crippen LogP contribution in [0.3, 0.4) is 0 Å². The first-order valence-electron chi connectivity index (χ1n) is 11.8. The van der Waals surface area contributed by atoms with Gasteiger partial charge < -0.3 is 14.6 Å². The maximum Gasteiger partial charge on any atom is 0.231 e. The number of ether oxygens (including phenoxy) is 2. The molecule has 184 valence electrons. The van der Waals surface area contributed by atoms with Crippen LogP contribution in [0.4, 0.5) is 0 Å². The Kier molecular flexibility index (Phi) is 7.67. The maximum atomic E-state index is 11.4. The predicted octanol–water partition coefficient (Wildman–Crippen LogP) is 5.69. The quantitative estimate of drug-likeness (QED) is 0.373. The normalized spacial score (nSPS) is 15.7. The molecule has 1 aliphatic rings. The molecule has 2 heterocycles. The summed E-state index contributed by atoms with van der Waals surface area (Å²) in [6.07, 6.45) is 1.05. The Labute approximate surface area is 211 Å². The fraction of sp³-hybridized carbons (Fsp3) is 0.357. The van der Waals surface area contributed by atoms with Crippen molar-refractivity contribution in [3.05, 3.63) is 77.0 Å². The van der Waals surface area contributed by atoms with Gasteiger partial charge in [-0.2, -0.15) is 0 Å². The molecule has 1 aromatic heterocycles. The summed E-state index contributed by atoms with van der Waals surface area (Å²) in [5.74, 6) is 1.45. The second-order valence-corrected chi connectivity index (χ2v) is 10.6. The van der Waals surface area contributed by atoms with E-state index in [1.165, 1.54) is 11.9 Å². The number of nitrogens with one attached hydrogen (secondary N) is 1. The average Bonchev–Trinajstić information content (AvgIpc) is 3.23. The molecule has 7 heteroatoms. The van der Waals surface area contributed by atoms with E-state index in [2.05, 4.69) is 34.8 Å². The van der Waals surface area contributed by atoms with Gasteiger partial charge in [-0.3, -0.25) is 9.52 Å². The fourth-order valence-corrected chi connectivity index (χ4v) is 4.93. The minimum Gasteiger partial charge on any atom is -0.489 e. The number of aryl methyl sites for hydroxylation is 2. The molecule has 1 atom stereocenters. The summed E-state index contributed by atoms with van der Waals surface area (Å²) in [7, 11) is 0. The smallest absolute Gasteiger partial charge is 0.231 e. The molecule has 35 heavy (non-hydrogen) atoms. The monoisotopic (exact) mass is 492 g/mol. The summed E-state index contributed by atoms with van der Waals surface area (Å²) in [4.78, 5) is 16.1. The van der Waals surface area contributed by atoms with Gasteiger partial charge in [0.2, 0.25) is 11.8 Å². The first kappa shape index (κ1) is 25.1. The van der Waals surface area contributed by atoms with Crippen LogP contribution in [0, 0.1) is 13.8 Å². The summed E-state index contributed by atoms with van der Waals surface area (Å²) in [6.45, 7) is 8.45. The molecule has 1 fully saturated rings. The third-order valence-electron chi connectivity index (χ3n) is 5.90. The average molecular weight is 493 g/mol. The maximum absolute atomic E-state index is 11.4. The summed E-state index contributed by atoms with van der Waals surface area (Å²) in [5.41, 5.74) is 5.58. The van der Waals surface area contributed by atoms with Gasteiger partial charge in [-0.1, -0.05) is 30.3 Å². The third kappa shape index (κ3) is 6.77. The zero-order valence-electron chi connectivity index (χ0n) is 20.6. The van der Waals surface area contributed by atoms with Gasteiger partial charge in [-0.25, -0.2) is 4.98 Å². The molecule has 1 aliphatic heterocycles. The van der Waals surface area contributed by atoms with Crippen molar-refractivity contribution >= 4 is 17.9 Å². The van der Waals surface area contributed by atoms with Crippen LogP contribution in [-0.2, 0) is 11.4 Å². The molecular weight excluding hydrogens is 460 g/mol. The van der Waals surface area contributed by atoms with Gasteiger partial charge in [0.25, 0.3) is 0 Å². The van der Waals surface area contributed by atoms with Crippen molar-refractivity contribution in [2.45, 2.75) is 58.0 Å². The van der Waals surface area contributed by atoms with Crippen molar-refractivity contribution in [3.63, 3.8) is 0 Å². The topological polar surface area (TPSA) is 80.7 Å². The number of amides is 1. The SMILES string of the molecule is Cc1cc(OCCC(C)(C)O)nc(C)c1-c1cccc(COc2ccc(C3CC(=O)NS3)cc2)c1. The second kappa shape index (κ2) is 10.7. The highest BCUT2D eigenvalue weighted by Crippen LogP contribution is 2.35. The molecule has 0 spiro atoms. The van der Waals surface area contributed by atoms with Gasteiger partial charge in [0.05, 0.1) is 17.5 Å². The van der Waals surface area contributed by atoms with Gasteiger partial charge >= 0.3 is 0 Å². The lowest BCUT2D eigenvalue weighted by molar-refractivity contribution is -0.118. The van der Waals surface area contributed by atoms with Crippen LogP contribution in [-0.4, -0.2) is 28.2 Å². The highest BCUT2D eigenvalue weighted by atomic mass is 32.2. The molecule has 1 unspecified atom stereocenters. The van der Waals surface area contributed by atoms with E-state index in [0.717, 1.165) is 39.3 Å². The van der Waals surface area contributed by atoms with Crippen molar-refractivity contribution in [3.8, 4) is 22.8 Å². The minimum absolute atomic E-state index is 0.0776. The van der Waals surface area contributed by atoms with Crippen LogP contribution >= 0.6 is 11.9 Å². The Morgan fingerprint density at radius 3 is 2.54 bits per heavy atom. The van der Waals surface area contributed by atoms with Crippen molar-refractivity contribution in [2.24, 2.45) is 0 Å². The molecule has 1 amide bonds. The van der Waals surface area contributed by atoms with Crippen molar-refractivity contribution < 1.29 is 19.4 Å². The van der Waals surface area contributed by atoms with E-state index < -0.39 is 5.60 Å². The molecule has 0 saturated carbocycles. The highest BCUT2D eigenvalue weighted by Gasteiger charge is 2.24. The van der Waals surface area contributed by atoms with E-state index in [1.54, 1.807) is 13.8 Å².